The lowest BCUT2D eigenvalue weighted by atomic mass is 10.2. The summed E-state index contributed by atoms with van der Waals surface area (Å²) >= 11 is 0. The van der Waals surface area contributed by atoms with Crippen LogP contribution >= 0.6 is 0 Å². The predicted molar refractivity (Wildman–Crippen MR) is 71.0 cm³/mol. The van der Waals surface area contributed by atoms with Gasteiger partial charge in [0.2, 0.25) is 0 Å². The van der Waals surface area contributed by atoms with Gasteiger partial charge in [-0.15, -0.1) is 0 Å². The van der Waals surface area contributed by atoms with Gasteiger partial charge in [0.05, 0.1) is 6.54 Å². The Bertz CT molecular complexity index is 520. The van der Waals surface area contributed by atoms with E-state index in [1.807, 2.05) is 19.3 Å². The molecule has 1 aromatic carbocycles. The van der Waals surface area contributed by atoms with Crippen molar-refractivity contribution < 1.29 is 4.39 Å². The first-order valence-electron chi connectivity index (χ1n) is 6.20. The van der Waals surface area contributed by atoms with Crippen molar-refractivity contribution in [2.45, 2.75) is 33.4 Å². The van der Waals surface area contributed by atoms with Gasteiger partial charge in [0.25, 0.3) is 0 Å². The number of hydrogen-bond donors (Lipinski definition) is 1. The van der Waals surface area contributed by atoms with E-state index >= 15 is 0 Å². The second kappa shape index (κ2) is 5.67. The van der Waals surface area contributed by atoms with Gasteiger partial charge >= 0.3 is 0 Å². The number of imidazole rings is 1. The van der Waals surface area contributed by atoms with Crippen molar-refractivity contribution in [3.8, 4) is 0 Å². The number of nitrogens with zero attached hydrogens (tertiary/aromatic N) is 2. The molecule has 18 heavy (non-hydrogen) atoms. The van der Waals surface area contributed by atoms with Gasteiger partial charge in [-0.25, -0.2) is 9.37 Å². The van der Waals surface area contributed by atoms with E-state index in [-0.39, 0.29) is 5.82 Å². The molecule has 1 aromatic heterocycles. The van der Waals surface area contributed by atoms with Crippen molar-refractivity contribution in [3.05, 3.63) is 47.8 Å². The zero-order valence-corrected chi connectivity index (χ0v) is 10.8. The van der Waals surface area contributed by atoms with Crippen LogP contribution in [-0.2, 0) is 13.1 Å². The Hall–Kier alpha value is -1.84. The number of nitrogens with one attached hydrogen (secondary N) is 1. The van der Waals surface area contributed by atoms with Gasteiger partial charge in [-0.05, 0) is 37.1 Å². The van der Waals surface area contributed by atoms with E-state index in [1.165, 1.54) is 12.1 Å². The maximum absolute atomic E-state index is 13.0. The van der Waals surface area contributed by atoms with E-state index in [0.717, 1.165) is 30.0 Å². The molecule has 96 valence electrons. The molecule has 0 spiro atoms. The molecule has 3 nitrogen and oxygen atoms in total. The first-order chi connectivity index (χ1) is 8.70. The summed E-state index contributed by atoms with van der Waals surface area (Å²) in [5.41, 5.74) is 1.85. The van der Waals surface area contributed by atoms with Crippen LogP contribution in [0.5, 0.6) is 0 Å². The zero-order valence-electron chi connectivity index (χ0n) is 10.8. The summed E-state index contributed by atoms with van der Waals surface area (Å²) in [5.74, 6) is 0.797. The average Bonchev–Trinajstić information content (AvgIpc) is 2.76. The molecule has 4 heteroatoms. The highest BCUT2D eigenvalue weighted by atomic mass is 19.1. The van der Waals surface area contributed by atoms with Gasteiger partial charge in [0.1, 0.15) is 11.6 Å². The van der Waals surface area contributed by atoms with Crippen molar-refractivity contribution in [2.75, 3.05) is 5.32 Å². The smallest absolute Gasteiger partial charge is 0.128 e. The molecule has 0 aliphatic carbocycles. The molecule has 2 rings (SSSR count). The van der Waals surface area contributed by atoms with Crippen LogP contribution in [0.25, 0.3) is 0 Å². The third-order valence-corrected chi connectivity index (χ3v) is 2.89. The minimum Gasteiger partial charge on any atom is -0.378 e. The van der Waals surface area contributed by atoms with Crippen LogP contribution in [0.1, 0.15) is 24.7 Å². The van der Waals surface area contributed by atoms with Crippen molar-refractivity contribution in [2.24, 2.45) is 0 Å². The molecule has 0 fully saturated rings. The standard InChI is InChI=1S/C14H18FN3/c1-3-7-18-8-6-16-14(18)10-17-13-5-4-12(15)9-11(13)2/h4-6,8-9,17H,3,7,10H2,1-2H3. The molecule has 0 saturated carbocycles. The largest absolute Gasteiger partial charge is 0.378 e. The Morgan fingerprint density at radius 2 is 2.22 bits per heavy atom. The number of anilines is 1. The van der Waals surface area contributed by atoms with Gasteiger partial charge in [0.15, 0.2) is 0 Å². The fourth-order valence-electron chi connectivity index (χ4n) is 1.95. The lowest BCUT2D eigenvalue weighted by molar-refractivity contribution is 0.626. The van der Waals surface area contributed by atoms with Crippen LogP contribution in [0, 0.1) is 12.7 Å². The van der Waals surface area contributed by atoms with Gasteiger partial charge in [-0.1, -0.05) is 6.92 Å². The molecule has 0 amide bonds. The van der Waals surface area contributed by atoms with E-state index in [2.05, 4.69) is 21.8 Å². The maximum atomic E-state index is 13.0. The number of hydrogen-bond acceptors (Lipinski definition) is 2. The number of benzene rings is 1. The first kappa shape index (κ1) is 12.6. The number of halogens is 1. The summed E-state index contributed by atoms with van der Waals surface area (Å²) in [6.07, 6.45) is 4.88. The molecule has 0 aliphatic rings. The van der Waals surface area contributed by atoms with Crippen LogP contribution < -0.4 is 5.32 Å². The number of rotatable bonds is 5. The van der Waals surface area contributed by atoms with E-state index in [4.69, 9.17) is 0 Å². The number of aryl methyl sites for hydroxylation is 2. The molecular weight excluding hydrogens is 229 g/mol. The normalized spacial score (nSPS) is 10.6. The zero-order chi connectivity index (χ0) is 13.0. The Labute approximate surface area is 107 Å². The SMILES string of the molecule is CCCn1ccnc1CNc1ccc(F)cc1C. The molecule has 0 aliphatic heterocycles. The van der Waals surface area contributed by atoms with Gasteiger partial charge in [-0.3, -0.25) is 0 Å². The monoisotopic (exact) mass is 247 g/mol. The summed E-state index contributed by atoms with van der Waals surface area (Å²) in [6, 6.07) is 4.76. The van der Waals surface area contributed by atoms with Crippen molar-refractivity contribution in [1.29, 1.82) is 0 Å². The fourth-order valence-corrected chi connectivity index (χ4v) is 1.95. The quantitative estimate of drug-likeness (QED) is 0.878. The summed E-state index contributed by atoms with van der Waals surface area (Å²) in [4.78, 5) is 4.32. The topological polar surface area (TPSA) is 29.9 Å². The molecular formula is C14H18FN3. The van der Waals surface area contributed by atoms with Crippen molar-refractivity contribution >= 4 is 5.69 Å². The van der Waals surface area contributed by atoms with Gasteiger partial charge in [-0.2, -0.15) is 0 Å². The highest BCUT2D eigenvalue weighted by Crippen LogP contribution is 2.16. The Balaban J connectivity index is 2.04. The highest BCUT2D eigenvalue weighted by Gasteiger charge is 2.03. The third kappa shape index (κ3) is 2.88. The van der Waals surface area contributed by atoms with Crippen LogP contribution in [0.4, 0.5) is 10.1 Å². The lowest BCUT2D eigenvalue weighted by Gasteiger charge is -2.11. The summed E-state index contributed by atoms with van der Waals surface area (Å²) in [5, 5.41) is 3.29. The molecule has 2 aromatic rings. The predicted octanol–water partition coefficient (Wildman–Crippen LogP) is 3.35. The molecule has 0 atom stereocenters. The number of aromatic nitrogens is 2. The molecule has 0 radical (unpaired) electrons. The summed E-state index contributed by atoms with van der Waals surface area (Å²) < 4.78 is 15.1. The van der Waals surface area contributed by atoms with E-state index in [1.54, 1.807) is 6.07 Å². The van der Waals surface area contributed by atoms with E-state index in [0.29, 0.717) is 6.54 Å². The molecule has 1 N–H and O–H groups in total. The van der Waals surface area contributed by atoms with Crippen LogP contribution in [0.3, 0.4) is 0 Å². The van der Waals surface area contributed by atoms with Gasteiger partial charge < -0.3 is 9.88 Å². The minimum absolute atomic E-state index is 0.203. The third-order valence-electron chi connectivity index (χ3n) is 2.89. The first-order valence-corrected chi connectivity index (χ1v) is 6.20. The van der Waals surface area contributed by atoms with E-state index in [9.17, 15) is 4.39 Å². The van der Waals surface area contributed by atoms with Crippen LogP contribution in [-0.4, -0.2) is 9.55 Å². The fraction of sp³-hybridized carbons (Fsp3) is 0.357. The molecule has 1 heterocycles. The maximum Gasteiger partial charge on any atom is 0.128 e. The Morgan fingerprint density at radius 3 is 2.94 bits per heavy atom. The average molecular weight is 247 g/mol. The van der Waals surface area contributed by atoms with E-state index < -0.39 is 0 Å². The molecule has 0 saturated heterocycles. The molecule has 0 unspecified atom stereocenters. The van der Waals surface area contributed by atoms with Crippen LogP contribution in [0.15, 0.2) is 30.6 Å². The Kier molecular flexibility index (Phi) is 3.97. The Morgan fingerprint density at radius 1 is 1.39 bits per heavy atom. The second-order valence-corrected chi connectivity index (χ2v) is 4.35. The summed E-state index contributed by atoms with van der Waals surface area (Å²) in [7, 11) is 0. The second-order valence-electron chi connectivity index (χ2n) is 4.35. The lowest BCUT2D eigenvalue weighted by Crippen LogP contribution is -2.09. The van der Waals surface area contributed by atoms with Gasteiger partial charge in [0, 0.05) is 24.6 Å². The molecule has 0 bridgehead atoms. The van der Waals surface area contributed by atoms with Crippen molar-refractivity contribution in [1.82, 2.24) is 9.55 Å². The minimum atomic E-state index is -0.203. The highest BCUT2D eigenvalue weighted by molar-refractivity contribution is 5.50. The van der Waals surface area contributed by atoms with Crippen molar-refractivity contribution in [3.63, 3.8) is 0 Å². The summed E-state index contributed by atoms with van der Waals surface area (Å²) in [6.45, 7) is 5.66. The van der Waals surface area contributed by atoms with Crippen LogP contribution in [0.2, 0.25) is 0 Å².